The van der Waals surface area contributed by atoms with Gasteiger partial charge in [-0.2, -0.15) is 0 Å². The van der Waals surface area contributed by atoms with Gasteiger partial charge in [-0.25, -0.2) is 0 Å². The van der Waals surface area contributed by atoms with Crippen LogP contribution < -0.4 is 0 Å². The van der Waals surface area contributed by atoms with Gasteiger partial charge in [0.05, 0.1) is 16.5 Å². The lowest BCUT2D eigenvalue weighted by molar-refractivity contribution is 0.578. The van der Waals surface area contributed by atoms with E-state index in [9.17, 15) is 0 Å². The van der Waals surface area contributed by atoms with Crippen LogP contribution in [0, 0.1) is 6.92 Å². The second-order valence-electron chi connectivity index (χ2n) is 4.87. The number of furan rings is 1. The first kappa shape index (κ1) is 12.4. The van der Waals surface area contributed by atoms with Crippen molar-refractivity contribution in [2.45, 2.75) is 6.92 Å². The molecule has 2 aromatic rings. The van der Waals surface area contributed by atoms with E-state index in [1.54, 1.807) is 23.5 Å². The van der Waals surface area contributed by atoms with Crippen molar-refractivity contribution in [2.24, 2.45) is 4.99 Å². The van der Waals surface area contributed by atoms with Crippen LogP contribution >= 0.6 is 23.5 Å². The highest BCUT2D eigenvalue weighted by Gasteiger charge is 2.32. The number of amidine groups is 1. The average molecular weight is 302 g/mol. The molecule has 2 aliphatic heterocycles. The first-order chi connectivity index (χ1) is 9.76. The fourth-order valence-electron chi connectivity index (χ4n) is 2.69. The molecule has 0 bridgehead atoms. The van der Waals surface area contributed by atoms with Gasteiger partial charge in [0.25, 0.3) is 0 Å². The fraction of sp³-hybridized carbons (Fsp3) is 0.267. The Morgan fingerprint density at radius 3 is 3.10 bits per heavy atom. The molecular formula is C15H14N2OS2. The molecule has 0 amide bonds. The Kier molecular flexibility index (Phi) is 2.86. The number of fused-ring (bicyclic) bond motifs is 2. The summed E-state index contributed by atoms with van der Waals surface area (Å²) >= 11 is 3.57. The lowest BCUT2D eigenvalue weighted by Gasteiger charge is -2.16. The van der Waals surface area contributed by atoms with Gasteiger partial charge < -0.3 is 9.32 Å². The van der Waals surface area contributed by atoms with Crippen LogP contribution in [0.4, 0.5) is 0 Å². The van der Waals surface area contributed by atoms with Crippen molar-refractivity contribution in [3.63, 3.8) is 0 Å². The van der Waals surface area contributed by atoms with Gasteiger partial charge in [0.15, 0.2) is 5.17 Å². The smallest absolute Gasteiger partial charge is 0.169 e. The molecule has 0 atom stereocenters. The number of aryl methyl sites for hydroxylation is 1. The molecule has 1 aromatic carbocycles. The number of aliphatic imine (C=N–C) groups is 1. The highest BCUT2D eigenvalue weighted by Crippen LogP contribution is 2.46. The molecule has 0 unspecified atom stereocenters. The minimum Gasteiger partial charge on any atom is -0.461 e. The third-order valence-electron chi connectivity index (χ3n) is 3.55. The fourth-order valence-corrected chi connectivity index (χ4v) is 4.60. The van der Waals surface area contributed by atoms with E-state index >= 15 is 0 Å². The number of thioether (sulfide) groups is 2. The first-order valence-corrected chi connectivity index (χ1v) is 8.59. The van der Waals surface area contributed by atoms with Gasteiger partial charge in [0.2, 0.25) is 0 Å². The molecule has 3 nitrogen and oxygen atoms in total. The van der Waals surface area contributed by atoms with Gasteiger partial charge in [-0.15, -0.1) is 11.8 Å². The van der Waals surface area contributed by atoms with Gasteiger partial charge in [0.1, 0.15) is 11.3 Å². The lowest BCUT2D eigenvalue weighted by atomic mass is 10.1. The molecule has 5 heteroatoms. The molecule has 0 fully saturated rings. The number of benzene rings is 1. The Morgan fingerprint density at radius 1 is 1.35 bits per heavy atom. The highest BCUT2D eigenvalue weighted by atomic mass is 32.2. The summed E-state index contributed by atoms with van der Waals surface area (Å²) < 4.78 is 7.09. The van der Waals surface area contributed by atoms with Crippen molar-refractivity contribution < 1.29 is 4.42 Å². The van der Waals surface area contributed by atoms with E-state index in [0.29, 0.717) is 0 Å². The third-order valence-corrected chi connectivity index (χ3v) is 5.78. The number of nitrogens with zero attached hydrogens (tertiary/aromatic N) is 2. The van der Waals surface area contributed by atoms with Crippen LogP contribution in [0.3, 0.4) is 0 Å². The van der Waals surface area contributed by atoms with Crippen molar-refractivity contribution in [3.05, 3.63) is 39.8 Å². The summed E-state index contributed by atoms with van der Waals surface area (Å²) in [7, 11) is 0. The quantitative estimate of drug-likeness (QED) is 0.833. The van der Waals surface area contributed by atoms with Crippen molar-refractivity contribution in [3.8, 4) is 0 Å². The second-order valence-corrected chi connectivity index (χ2v) is 6.92. The summed E-state index contributed by atoms with van der Waals surface area (Å²) in [5, 5.41) is 2.30. The molecule has 20 heavy (non-hydrogen) atoms. The van der Waals surface area contributed by atoms with Crippen LogP contribution in [0.1, 0.15) is 11.3 Å². The molecule has 0 radical (unpaired) electrons. The van der Waals surface area contributed by atoms with Crippen molar-refractivity contribution in [2.75, 3.05) is 19.3 Å². The molecular weight excluding hydrogens is 288 g/mol. The van der Waals surface area contributed by atoms with E-state index in [4.69, 9.17) is 4.42 Å². The molecule has 102 valence electrons. The van der Waals surface area contributed by atoms with E-state index < -0.39 is 0 Å². The maximum absolute atomic E-state index is 5.76. The maximum Gasteiger partial charge on any atom is 0.169 e. The van der Waals surface area contributed by atoms with Crippen molar-refractivity contribution in [1.82, 2.24) is 4.90 Å². The zero-order valence-electron chi connectivity index (χ0n) is 11.3. The predicted octanol–water partition coefficient (Wildman–Crippen LogP) is 4.15. The zero-order chi connectivity index (χ0) is 13.7. The second kappa shape index (κ2) is 4.60. The molecule has 0 saturated heterocycles. The molecule has 0 spiro atoms. The van der Waals surface area contributed by atoms with Gasteiger partial charge in [0, 0.05) is 17.5 Å². The van der Waals surface area contributed by atoms with Gasteiger partial charge >= 0.3 is 0 Å². The summed E-state index contributed by atoms with van der Waals surface area (Å²) in [6.07, 6.45) is 2.13. The minimum atomic E-state index is 0.898. The maximum atomic E-state index is 5.76. The SMILES string of the molecule is CSC1=C(c2ccc3cc(C)oc3c2)N2CCN=C2S1. The van der Waals surface area contributed by atoms with E-state index in [1.807, 2.05) is 6.92 Å². The van der Waals surface area contributed by atoms with Gasteiger partial charge in [-0.05, 0) is 37.1 Å². The Labute approximate surface area is 126 Å². The largest absolute Gasteiger partial charge is 0.461 e. The highest BCUT2D eigenvalue weighted by molar-refractivity contribution is 8.30. The Hall–Kier alpha value is -1.33. The number of rotatable bonds is 2. The summed E-state index contributed by atoms with van der Waals surface area (Å²) in [4.78, 5) is 6.89. The normalized spacial score (nSPS) is 18.1. The van der Waals surface area contributed by atoms with Crippen LogP contribution in [-0.4, -0.2) is 29.4 Å². The molecule has 2 aliphatic rings. The summed E-state index contributed by atoms with van der Waals surface area (Å²) in [6.45, 7) is 3.87. The van der Waals surface area contributed by atoms with E-state index in [2.05, 4.69) is 40.4 Å². The van der Waals surface area contributed by atoms with Crippen LogP contribution in [-0.2, 0) is 0 Å². The third kappa shape index (κ3) is 1.80. The Bertz CT molecular complexity index is 760. The van der Waals surface area contributed by atoms with E-state index in [1.165, 1.54) is 20.9 Å². The Morgan fingerprint density at radius 2 is 2.25 bits per heavy atom. The molecule has 0 N–H and O–H groups in total. The van der Waals surface area contributed by atoms with Gasteiger partial charge in [-0.1, -0.05) is 12.1 Å². The molecule has 3 heterocycles. The monoisotopic (exact) mass is 302 g/mol. The standard InChI is InChI=1S/C15H14N2OS2/c1-9-7-10-3-4-11(8-12(10)18-9)13-14(19-2)20-15-16-5-6-17(13)15/h3-4,7-8H,5-6H2,1-2H3. The number of hydrogen-bond acceptors (Lipinski definition) is 5. The molecule has 0 aliphatic carbocycles. The van der Waals surface area contributed by atoms with Crippen molar-refractivity contribution >= 4 is 45.4 Å². The van der Waals surface area contributed by atoms with E-state index in [0.717, 1.165) is 29.6 Å². The van der Waals surface area contributed by atoms with Gasteiger partial charge in [-0.3, -0.25) is 4.99 Å². The minimum absolute atomic E-state index is 0.898. The topological polar surface area (TPSA) is 28.7 Å². The zero-order valence-corrected chi connectivity index (χ0v) is 13.0. The lowest BCUT2D eigenvalue weighted by Crippen LogP contribution is -2.19. The van der Waals surface area contributed by atoms with Crippen molar-refractivity contribution in [1.29, 1.82) is 0 Å². The van der Waals surface area contributed by atoms with Crippen LogP contribution in [0.5, 0.6) is 0 Å². The van der Waals surface area contributed by atoms with Crippen LogP contribution in [0.15, 0.2) is 37.9 Å². The molecule has 1 aromatic heterocycles. The average Bonchev–Trinajstić information content (AvgIpc) is 3.08. The van der Waals surface area contributed by atoms with E-state index in [-0.39, 0.29) is 0 Å². The number of hydrogen-bond donors (Lipinski definition) is 0. The van der Waals surface area contributed by atoms with Crippen LogP contribution in [0.25, 0.3) is 16.7 Å². The summed E-state index contributed by atoms with van der Waals surface area (Å²) in [5.74, 6) is 0.959. The predicted molar refractivity (Wildman–Crippen MR) is 88.0 cm³/mol. The summed E-state index contributed by atoms with van der Waals surface area (Å²) in [5.41, 5.74) is 3.47. The van der Waals surface area contributed by atoms with Crippen LogP contribution in [0.2, 0.25) is 0 Å². The first-order valence-electron chi connectivity index (χ1n) is 6.55. The summed E-state index contributed by atoms with van der Waals surface area (Å²) in [6, 6.07) is 8.55. The molecule has 0 saturated carbocycles. The Balaban J connectivity index is 1.86. The molecule has 4 rings (SSSR count).